The zero-order valence-corrected chi connectivity index (χ0v) is 15.0. The van der Waals surface area contributed by atoms with Gasteiger partial charge in [-0.15, -0.1) is 0 Å². The van der Waals surface area contributed by atoms with Gasteiger partial charge in [-0.05, 0) is 48.2 Å². The van der Waals surface area contributed by atoms with E-state index in [-0.39, 0.29) is 11.9 Å². The summed E-state index contributed by atoms with van der Waals surface area (Å²) >= 11 is 0. The number of rotatable bonds is 4. The second kappa shape index (κ2) is 6.63. The molecule has 3 rings (SSSR count). The number of hydrogen-bond acceptors (Lipinski definition) is 3. The topological polar surface area (TPSA) is 51.5 Å². The Labute approximate surface area is 147 Å². The fourth-order valence-electron chi connectivity index (χ4n) is 3.19. The predicted octanol–water partition coefficient (Wildman–Crippen LogP) is 4.75. The van der Waals surface area contributed by atoms with E-state index in [9.17, 15) is 9.90 Å². The second-order valence-electron chi connectivity index (χ2n) is 6.70. The summed E-state index contributed by atoms with van der Waals surface area (Å²) in [5, 5.41) is 11.0. The Morgan fingerprint density at radius 2 is 1.96 bits per heavy atom. The normalized spacial score (nSPS) is 11.2. The van der Waals surface area contributed by atoms with Crippen molar-refractivity contribution in [2.75, 3.05) is 0 Å². The first-order chi connectivity index (χ1) is 11.9. The molecule has 1 N–H and O–H groups in total. The van der Waals surface area contributed by atoms with Gasteiger partial charge < -0.3 is 14.4 Å². The Morgan fingerprint density at radius 1 is 1.20 bits per heavy atom. The van der Waals surface area contributed by atoms with E-state index in [1.165, 1.54) is 6.92 Å². The van der Waals surface area contributed by atoms with Crippen molar-refractivity contribution in [3.8, 4) is 11.5 Å². The summed E-state index contributed by atoms with van der Waals surface area (Å²) in [6.07, 6.45) is 0. The van der Waals surface area contributed by atoms with Crippen molar-refractivity contribution in [3.05, 3.63) is 59.3 Å². The molecule has 0 amide bonds. The third kappa shape index (κ3) is 3.38. The Hall–Kier alpha value is -2.75. The highest BCUT2D eigenvalue weighted by Gasteiger charge is 2.13. The van der Waals surface area contributed by atoms with Gasteiger partial charge in [-0.1, -0.05) is 32.0 Å². The van der Waals surface area contributed by atoms with Gasteiger partial charge in [0.05, 0.1) is 5.52 Å². The Kier molecular flexibility index (Phi) is 4.53. The number of esters is 1. The quantitative estimate of drug-likeness (QED) is 0.552. The first-order valence-corrected chi connectivity index (χ1v) is 8.46. The first-order valence-electron chi connectivity index (χ1n) is 8.46. The van der Waals surface area contributed by atoms with Crippen molar-refractivity contribution in [2.45, 2.75) is 40.2 Å². The minimum absolute atomic E-state index is 0.262. The zero-order chi connectivity index (χ0) is 18.1. The highest BCUT2D eigenvalue weighted by molar-refractivity contribution is 5.89. The fourth-order valence-corrected chi connectivity index (χ4v) is 3.19. The molecule has 0 radical (unpaired) electrons. The van der Waals surface area contributed by atoms with Gasteiger partial charge in [0.2, 0.25) is 0 Å². The maximum absolute atomic E-state index is 11.3. The summed E-state index contributed by atoms with van der Waals surface area (Å²) in [5.41, 5.74) is 4.19. The van der Waals surface area contributed by atoms with Gasteiger partial charge in [-0.3, -0.25) is 4.79 Å². The van der Waals surface area contributed by atoms with E-state index < -0.39 is 0 Å². The molecular formula is C21H23NO3. The van der Waals surface area contributed by atoms with Crippen molar-refractivity contribution in [3.63, 3.8) is 0 Å². The molecule has 130 valence electrons. The van der Waals surface area contributed by atoms with Crippen molar-refractivity contribution >= 4 is 16.9 Å². The largest absolute Gasteiger partial charge is 0.508 e. The van der Waals surface area contributed by atoms with Crippen LogP contribution in [0.1, 0.15) is 43.5 Å². The number of carbonyl (C=O) groups is 1. The van der Waals surface area contributed by atoms with E-state index in [0.717, 1.165) is 27.7 Å². The summed E-state index contributed by atoms with van der Waals surface area (Å²) in [6.45, 7) is 8.29. The predicted molar refractivity (Wildman–Crippen MR) is 99.3 cm³/mol. The number of hydrogen-bond donors (Lipinski definition) is 1. The summed E-state index contributed by atoms with van der Waals surface area (Å²) in [7, 11) is 0. The monoisotopic (exact) mass is 337 g/mol. The average Bonchev–Trinajstić information content (AvgIpc) is 2.86. The van der Waals surface area contributed by atoms with Gasteiger partial charge >= 0.3 is 5.97 Å². The average molecular weight is 337 g/mol. The van der Waals surface area contributed by atoms with Crippen LogP contribution in [0.25, 0.3) is 10.9 Å². The molecule has 0 spiro atoms. The van der Waals surface area contributed by atoms with Crippen LogP contribution in [-0.2, 0) is 11.3 Å². The number of nitrogens with zero attached hydrogens (tertiary/aromatic N) is 1. The Bertz CT molecular complexity index is 938. The lowest BCUT2D eigenvalue weighted by atomic mass is 9.99. The van der Waals surface area contributed by atoms with Gasteiger partial charge in [0, 0.05) is 24.5 Å². The molecule has 0 aliphatic heterocycles. The number of carbonyl (C=O) groups excluding carboxylic acids is 1. The van der Waals surface area contributed by atoms with Gasteiger partial charge in [-0.2, -0.15) is 0 Å². The number of ether oxygens (including phenoxy) is 1. The number of benzene rings is 2. The second-order valence-corrected chi connectivity index (χ2v) is 6.70. The standard InChI is InChI=1S/C21H23NO3/c1-13(2)17-11-16(8-9-20(17)24)12-22-14(3)10-18-19(22)6-5-7-21(18)25-15(4)23/h5-11,13,24H,12H2,1-4H3. The third-order valence-electron chi connectivity index (χ3n) is 4.42. The molecule has 0 fully saturated rings. The molecule has 4 heteroatoms. The Balaban J connectivity index is 2.04. The number of aromatic hydroxyl groups is 1. The van der Waals surface area contributed by atoms with Crippen LogP contribution in [0, 0.1) is 6.92 Å². The van der Waals surface area contributed by atoms with E-state index in [4.69, 9.17) is 4.74 Å². The third-order valence-corrected chi connectivity index (χ3v) is 4.42. The molecule has 2 aromatic carbocycles. The Morgan fingerprint density at radius 3 is 2.64 bits per heavy atom. The van der Waals surface area contributed by atoms with Gasteiger partial charge in [0.1, 0.15) is 11.5 Å². The maximum Gasteiger partial charge on any atom is 0.308 e. The SMILES string of the molecule is CC(=O)Oc1cccc2c1cc(C)n2Cc1ccc(O)c(C(C)C)c1. The van der Waals surface area contributed by atoms with E-state index in [1.54, 1.807) is 6.07 Å². The van der Waals surface area contributed by atoms with Crippen LogP contribution in [0.4, 0.5) is 0 Å². The fraction of sp³-hybridized carbons (Fsp3) is 0.286. The summed E-state index contributed by atoms with van der Waals surface area (Å²) < 4.78 is 7.52. The molecule has 0 aliphatic rings. The molecule has 0 aliphatic carbocycles. The zero-order valence-electron chi connectivity index (χ0n) is 15.0. The highest BCUT2D eigenvalue weighted by atomic mass is 16.5. The van der Waals surface area contributed by atoms with Crippen molar-refractivity contribution in [1.29, 1.82) is 0 Å². The molecule has 0 saturated carbocycles. The number of phenols is 1. The molecule has 25 heavy (non-hydrogen) atoms. The summed E-state index contributed by atoms with van der Waals surface area (Å²) in [6, 6.07) is 13.5. The number of fused-ring (bicyclic) bond motifs is 1. The van der Waals surface area contributed by atoms with Crippen molar-refractivity contribution in [2.24, 2.45) is 0 Å². The summed E-state index contributed by atoms with van der Waals surface area (Å²) in [5.74, 6) is 0.862. The van der Waals surface area contributed by atoms with Crippen LogP contribution in [0.3, 0.4) is 0 Å². The summed E-state index contributed by atoms with van der Waals surface area (Å²) in [4.78, 5) is 11.3. The van der Waals surface area contributed by atoms with E-state index in [1.807, 2.05) is 37.3 Å². The molecule has 0 bridgehead atoms. The lowest BCUT2D eigenvalue weighted by Gasteiger charge is -2.13. The molecule has 1 heterocycles. The van der Waals surface area contributed by atoms with Gasteiger partial charge in [0.25, 0.3) is 0 Å². The number of aryl methyl sites for hydroxylation is 1. The minimum atomic E-state index is -0.321. The molecule has 1 aromatic heterocycles. The van der Waals surface area contributed by atoms with E-state index in [2.05, 4.69) is 24.5 Å². The van der Waals surface area contributed by atoms with Crippen LogP contribution >= 0.6 is 0 Å². The lowest BCUT2D eigenvalue weighted by molar-refractivity contribution is -0.131. The van der Waals surface area contributed by atoms with Crippen LogP contribution < -0.4 is 4.74 Å². The van der Waals surface area contributed by atoms with Crippen LogP contribution in [0.2, 0.25) is 0 Å². The molecule has 4 nitrogen and oxygen atoms in total. The smallest absolute Gasteiger partial charge is 0.308 e. The van der Waals surface area contributed by atoms with E-state index in [0.29, 0.717) is 18.0 Å². The first kappa shape index (κ1) is 17.1. The minimum Gasteiger partial charge on any atom is -0.508 e. The molecule has 0 atom stereocenters. The molecule has 0 saturated heterocycles. The van der Waals surface area contributed by atoms with E-state index >= 15 is 0 Å². The maximum atomic E-state index is 11.3. The van der Waals surface area contributed by atoms with Crippen LogP contribution in [0.15, 0.2) is 42.5 Å². The number of aromatic nitrogens is 1. The van der Waals surface area contributed by atoms with Crippen LogP contribution in [0.5, 0.6) is 11.5 Å². The van der Waals surface area contributed by atoms with Crippen molar-refractivity contribution in [1.82, 2.24) is 4.57 Å². The molecule has 3 aromatic rings. The molecular weight excluding hydrogens is 314 g/mol. The number of phenolic OH excluding ortho intramolecular Hbond substituents is 1. The van der Waals surface area contributed by atoms with Crippen molar-refractivity contribution < 1.29 is 14.6 Å². The highest BCUT2D eigenvalue weighted by Crippen LogP contribution is 2.31. The lowest BCUT2D eigenvalue weighted by Crippen LogP contribution is -2.03. The van der Waals surface area contributed by atoms with Gasteiger partial charge in [-0.25, -0.2) is 0 Å². The molecule has 0 unspecified atom stereocenters. The van der Waals surface area contributed by atoms with Gasteiger partial charge in [0.15, 0.2) is 0 Å². The van der Waals surface area contributed by atoms with Crippen LogP contribution in [-0.4, -0.2) is 15.6 Å².